The normalized spacial score (nSPS) is 16.2. The summed E-state index contributed by atoms with van der Waals surface area (Å²) in [5, 5.41) is 101. The lowest BCUT2D eigenvalue weighted by Gasteiger charge is -2.31. The molecule has 0 aliphatic rings. The quantitative estimate of drug-likeness (QED) is 0.0207. The zero-order valence-corrected chi connectivity index (χ0v) is 42.6. The molecule has 394 valence electrons. The van der Waals surface area contributed by atoms with Gasteiger partial charge < -0.3 is 60.9 Å². The maximum absolute atomic E-state index is 10.8. The minimum atomic E-state index is -1.65. The Morgan fingerprint density at radius 1 is 0.288 bits per heavy atom. The molecule has 0 amide bonds. The van der Waals surface area contributed by atoms with E-state index in [4.69, 9.17) is 0 Å². The molecule has 12 heteroatoms. The summed E-state index contributed by atoms with van der Waals surface area (Å²) >= 11 is 0. The highest BCUT2D eigenvalue weighted by atomic mass is 16.4. The summed E-state index contributed by atoms with van der Waals surface area (Å²) in [5.74, 6) is 0. The Morgan fingerprint density at radius 2 is 0.500 bits per heavy atom. The smallest absolute Gasteiger partial charge is 0.111 e. The van der Waals surface area contributed by atoms with Crippen molar-refractivity contribution in [3.05, 3.63) is 24.3 Å². The molecule has 0 rings (SSSR count). The largest absolute Gasteiger partial charge is 0.394 e. The van der Waals surface area contributed by atoms with Crippen molar-refractivity contribution in [1.82, 2.24) is 9.80 Å². The van der Waals surface area contributed by atoms with E-state index in [-0.39, 0.29) is 13.1 Å². The second-order valence-corrected chi connectivity index (χ2v) is 19.5. The van der Waals surface area contributed by atoms with E-state index >= 15 is 0 Å². The molecule has 0 aromatic rings. The summed E-state index contributed by atoms with van der Waals surface area (Å²) in [6, 6.07) is 0. The lowest BCUT2D eigenvalue weighted by Crippen LogP contribution is -2.50. The van der Waals surface area contributed by atoms with E-state index in [1.165, 1.54) is 128 Å². The van der Waals surface area contributed by atoms with E-state index in [0.717, 1.165) is 90.1 Å². The minimum absolute atomic E-state index is 0.141. The topological polar surface area (TPSA) is 209 Å². The third-order valence-electron chi connectivity index (χ3n) is 13.2. The molecule has 0 aliphatic carbocycles. The Morgan fingerprint density at radius 3 is 0.742 bits per heavy atom. The zero-order chi connectivity index (χ0) is 48.9. The Hall–Kier alpha value is -1.00. The maximum atomic E-state index is 10.8. The molecule has 10 N–H and O–H groups in total. The predicted octanol–water partition coefficient (Wildman–Crippen LogP) is 8.10. The molecular weight excluding hydrogens is 837 g/mol. The highest BCUT2D eigenvalue weighted by molar-refractivity contribution is 4.85. The van der Waals surface area contributed by atoms with E-state index < -0.39 is 62.0 Å². The van der Waals surface area contributed by atoms with Crippen LogP contribution in [0, 0.1) is 0 Å². The average molecular weight is 945 g/mol. The number of hydrogen-bond donors (Lipinski definition) is 10. The van der Waals surface area contributed by atoms with Crippen LogP contribution in [-0.4, -0.2) is 162 Å². The SMILES string of the molecule is CCCCCCCC/C=C\CCCCCCCCN(CCCCCCN(CCCCCCCC/C=C\CCCCCCCC)C[C@H](O)[C@@H](O)[C@H](O)[C@H](O)CO)C[C@H](O)[C@@H](O)[C@H](O)[C@H](O)CO. The first-order valence-electron chi connectivity index (χ1n) is 27.4. The van der Waals surface area contributed by atoms with E-state index in [0.29, 0.717) is 13.1 Å². The lowest BCUT2D eigenvalue weighted by atomic mass is 10.0. The van der Waals surface area contributed by atoms with Gasteiger partial charge in [-0.2, -0.15) is 0 Å². The van der Waals surface area contributed by atoms with Crippen LogP contribution in [0.1, 0.15) is 219 Å². The van der Waals surface area contributed by atoms with Gasteiger partial charge in [-0.1, -0.05) is 167 Å². The van der Waals surface area contributed by atoms with Gasteiger partial charge in [-0.3, -0.25) is 0 Å². The molecule has 0 saturated carbocycles. The number of rotatable bonds is 51. The average Bonchev–Trinajstić information content (AvgIpc) is 3.32. The molecule has 0 radical (unpaired) electrons. The van der Waals surface area contributed by atoms with Gasteiger partial charge in [-0.15, -0.1) is 0 Å². The summed E-state index contributed by atoms with van der Waals surface area (Å²) in [4.78, 5) is 4.23. The van der Waals surface area contributed by atoms with E-state index in [1.54, 1.807) is 0 Å². The highest BCUT2D eigenvalue weighted by Crippen LogP contribution is 2.16. The van der Waals surface area contributed by atoms with Gasteiger partial charge in [0.15, 0.2) is 0 Å². The van der Waals surface area contributed by atoms with Crippen molar-refractivity contribution >= 4 is 0 Å². The monoisotopic (exact) mass is 945 g/mol. The molecular formula is C54H108N2O10. The van der Waals surface area contributed by atoms with E-state index in [1.807, 2.05) is 0 Å². The van der Waals surface area contributed by atoms with E-state index in [2.05, 4.69) is 48.0 Å². The van der Waals surface area contributed by atoms with Crippen molar-refractivity contribution in [2.24, 2.45) is 0 Å². The second-order valence-electron chi connectivity index (χ2n) is 19.5. The Kier molecular flexibility index (Phi) is 46.9. The molecule has 0 bridgehead atoms. The Labute approximate surface area is 404 Å². The molecule has 0 aromatic carbocycles. The summed E-state index contributed by atoms with van der Waals surface area (Å²) in [6.07, 6.45) is 35.0. The van der Waals surface area contributed by atoms with Gasteiger partial charge in [-0.25, -0.2) is 0 Å². The van der Waals surface area contributed by atoms with Crippen LogP contribution in [0.3, 0.4) is 0 Å². The summed E-state index contributed by atoms with van der Waals surface area (Å²) in [5.41, 5.74) is 0. The van der Waals surface area contributed by atoms with Crippen LogP contribution in [0.25, 0.3) is 0 Å². The summed E-state index contributed by atoms with van der Waals surface area (Å²) < 4.78 is 0. The first kappa shape index (κ1) is 65.0. The van der Waals surface area contributed by atoms with Gasteiger partial charge >= 0.3 is 0 Å². The Balaban J connectivity index is 4.86. The number of allylic oxidation sites excluding steroid dienone is 4. The number of aliphatic hydroxyl groups excluding tert-OH is 10. The molecule has 8 atom stereocenters. The number of unbranched alkanes of at least 4 members (excludes halogenated alkanes) is 27. The standard InChI is InChI=1S/C54H108N2O10/c1-3-5-7-9-11-13-15-17-19-21-23-25-27-29-31-35-39-55(43-47(59)51(63)53(65)49(61)45-57)41-37-33-34-38-42-56(44-48(60)52(64)54(66)50(62)46-58)40-36-32-30-28-26-24-22-20-18-16-14-12-10-8-6-4-2/h17-20,47-54,57-66H,3-16,21-46H2,1-2H3/b19-17-,20-18-/t47-,48-,49+,50+,51+,52+,53+,54+/m0/s1. The third kappa shape index (κ3) is 37.8. The third-order valence-corrected chi connectivity index (χ3v) is 13.2. The van der Waals surface area contributed by atoms with Crippen LogP contribution in [0.5, 0.6) is 0 Å². The van der Waals surface area contributed by atoms with Crippen LogP contribution in [0.4, 0.5) is 0 Å². The van der Waals surface area contributed by atoms with Crippen LogP contribution in [-0.2, 0) is 0 Å². The van der Waals surface area contributed by atoms with Crippen LogP contribution >= 0.6 is 0 Å². The summed E-state index contributed by atoms with van der Waals surface area (Å²) in [7, 11) is 0. The van der Waals surface area contributed by atoms with Gasteiger partial charge in [0.05, 0.1) is 25.4 Å². The van der Waals surface area contributed by atoms with Gasteiger partial charge in [-0.05, 0) is 103 Å². The molecule has 66 heavy (non-hydrogen) atoms. The highest BCUT2D eigenvalue weighted by Gasteiger charge is 2.32. The first-order chi connectivity index (χ1) is 32.0. The molecule has 12 nitrogen and oxygen atoms in total. The van der Waals surface area contributed by atoms with Gasteiger partial charge in [0.25, 0.3) is 0 Å². The molecule has 0 aliphatic heterocycles. The van der Waals surface area contributed by atoms with Gasteiger partial charge in [0.1, 0.15) is 36.6 Å². The number of hydrogen-bond acceptors (Lipinski definition) is 12. The predicted molar refractivity (Wildman–Crippen MR) is 272 cm³/mol. The van der Waals surface area contributed by atoms with Crippen molar-refractivity contribution in [3.8, 4) is 0 Å². The molecule has 0 aromatic heterocycles. The van der Waals surface area contributed by atoms with Crippen molar-refractivity contribution in [2.75, 3.05) is 52.5 Å². The molecule has 0 spiro atoms. The van der Waals surface area contributed by atoms with Crippen molar-refractivity contribution in [3.63, 3.8) is 0 Å². The molecule has 0 heterocycles. The molecule has 0 unspecified atom stereocenters. The number of nitrogens with zero attached hydrogens (tertiary/aromatic N) is 2. The van der Waals surface area contributed by atoms with Crippen molar-refractivity contribution in [2.45, 2.75) is 268 Å². The Bertz CT molecular complexity index is 976. The van der Waals surface area contributed by atoms with Crippen LogP contribution < -0.4 is 0 Å². The molecule has 0 fully saturated rings. The summed E-state index contributed by atoms with van der Waals surface area (Å²) in [6.45, 7) is 6.23. The van der Waals surface area contributed by atoms with Crippen molar-refractivity contribution < 1.29 is 51.1 Å². The fourth-order valence-corrected chi connectivity index (χ4v) is 8.65. The number of aliphatic hydroxyl groups is 10. The van der Waals surface area contributed by atoms with E-state index in [9.17, 15) is 51.1 Å². The minimum Gasteiger partial charge on any atom is -0.394 e. The maximum Gasteiger partial charge on any atom is 0.111 e. The fourth-order valence-electron chi connectivity index (χ4n) is 8.65. The van der Waals surface area contributed by atoms with Crippen molar-refractivity contribution in [1.29, 1.82) is 0 Å². The van der Waals surface area contributed by atoms with Crippen LogP contribution in [0.15, 0.2) is 24.3 Å². The fraction of sp³-hybridized carbons (Fsp3) is 0.926. The molecule has 0 saturated heterocycles. The van der Waals surface area contributed by atoms with Gasteiger partial charge in [0.2, 0.25) is 0 Å². The van der Waals surface area contributed by atoms with Gasteiger partial charge in [0, 0.05) is 13.1 Å². The van der Waals surface area contributed by atoms with Crippen LogP contribution in [0.2, 0.25) is 0 Å². The lowest BCUT2D eigenvalue weighted by molar-refractivity contribution is -0.119. The first-order valence-corrected chi connectivity index (χ1v) is 27.4. The zero-order valence-electron chi connectivity index (χ0n) is 42.6. The second kappa shape index (κ2) is 47.7.